The summed E-state index contributed by atoms with van der Waals surface area (Å²) in [5, 5.41) is 3.19. The molecule has 0 fully saturated rings. The van der Waals surface area contributed by atoms with Crippen LogP contribution in [-0.4, -0.2) is 5.91 Å². The van der Waals surface area contributed by atoms with Gasteiger partial charge < -0.3 is 9.73 Å². The maximum Gasteiger partial charge on any atom is 0.291 e. The van der Waals surface area contributed by atoms with Crippen molar-refractivity contribution in [1.29, 1.82) is 0 Å². The lowest BCUT2D eigenvalue weighted by Crippen LogP contribution is -2.15. The molecule has 110 valence electrons. The van der Waals surface area contributed by atoms with Gasteiger partial charge in [0.25, 0.3) is 5.91 Å². The molecule has 3 rings (SSSR count). The average molecular weight is 293 g/mol. The predicted octanol–water partition coefficient (Wildman–Crippen LogP) is 3.66. The Bertz CT molecular complexity index is 908. The van der Waals surface area contributed by atoms with E-state index in [2.05, 4.69) is 5.32 Å². The van der Waals surface area contributed by atoms with Crippen LogP contribution in [0.5, 0.6) is 0 Å². The van der Waals surface area contributed by atoms with Crippen LogP contribution < -0.4 is 10.7 Å². The maximum absolute atomic E-state index is 12.2. The van der Waals surface area contributed by atoms with Crippen molar-refractivity contribution in [3.8, 4) is 0 Å². The Labute approximate surface area is 127 Å². The number of rotatable bonds is 2. The molecule has 4 nitrogen and oxygen atoms in total. The van der Waals surface area contributed by atoms with Gasteiger partial charge >= 0.3 is 0 Å². The van der Waals surface area contributed by atoms with Crippen molar-refractivity contribution in [2.45, 2.75) is 13.8 Å². The lowest BCUT2D eigenvalue weighted by atomic mass is 10.1. The summed E-state index contributed by atoms with van der Waals surface area (Å²) in [6.07, 6.45) is 0. The van der Waals surface area contributed by atoms with E-state index in [9.17, 15) is 9.59 Å². The third kappa shape index (κ3) is 2.76. The molecule has 0 aliphatic rings. The highest BCUT2D eigenvalue weighted by Crippen LogP contribution is 2.16. The molecule has 1 N–H and O–H groups in total. The Morgan fingerprint density at radius 3 is 2.36 bits per heavy atom. The van der Waals surface area contributed by atoms with Crippen LogP contribution in [0.3, 0.4) is 0 Å². The second-order valence-corrected chi connectivity index (χ2v) is 5.29. The van der Waals surface area contributed by atoms with E-state index >= 15 is 0 Å². The predicted molar refractivity (Wildman–Crippen MR) is 86.4 cm³/mol. The zero-order chi connectivity index (χ0) is 15.7. The number of nitrogens with one attached hydrogen (secondary N) is 1. The second-order valence-electron chi connectivity index (χ2n) is 5.29. The van der Waals surface area contributed by atoms with Crippen LogP contribution in [-0.2, 0) is 0 Å². The molecule has 0 saturated heterocycles. The zero-order valence-corrected chi connectivity index (χ0v) is 12.3. The van der Waals surface area contributed by atoms with E-state index in [0.29, 0.717) is 16.7 Å². The number of hydrogen-bond donors (Lipinski definition) is 1. The first kappa shape index (κ1) is 14.1. The van der Waals surface area contributed by atoms with Crippen molar-refractivity contribution >= 4 is 22.6 Å². The molecule has 1 heterocycles. The van der Waals surface area contributed by atoms with Gasteiger partial charge in [-0.3, -0.25) is 9.59 Å². The molecule has 0 radical (unpaired) electrons. The summed E-state index contributed by atoms with van der Waals surface area (Å²) < 4.78 is 5.57. The molecular formula is C18H15NO3. The molecule has 1 amide bonds. The molecule has 0 bridgehead atoms. The topological polar surface area (TPSA) is 59.3 Å². The van der Waals surface area contributed by atoms with Gasteiger partial charge in [0.2, 0.25) is 0 Å². The number of fused-ring (bicyclic) bond motifs is 1. The second kappa shape index (κ2) is 5.48. The minimum atomic E-state index is -0.440. The van der Waals surface area contributed by atoms with Gasteiger partial charge in [0.15, 0.2) is 11.2 Å². The maximum atomic E-state index is 12.2. The van der Waals surface area contributed by atoms with E-state index in [1.807, 2.05) is 32.0 Å². The van der Waals surface area contributed by atoms with Crippen molar-refractivity contribution in [3.05, 3.63) is 75.6 Å². The molecule has 0 saturated carbocycles. The van der Waals surface area contributed by atoms with Gasteiger partial charge in [0, 0.05) is 11.8 Å². The number of amides is 1. The SMILES string of the molecule is Cc1ccc(NC(=O)c2cc(=O)c3ccc(C)cc3o2)cc1. The number of carbonyl (C=O) groups is 1. The fourth-order valence-corrected chi connectivity index (χ4v) is 2.20. The largest absolute Gasteiger partial charge is 0.451 e. The summed E-state index contributed by atoms with van der Waals surface area (Å²) in [6.45, 7) is 3.87. The lowest BCUT2D eigenvalue weighted by Gasteiger charge is -2.06. The molecule has 0 atom stereocenters. The van der Waals surface area contributed by atoms with Crippen molar-refractivity contribution in [2.75, 3.05) is 5.32 Å². The number of benzene rings is 2. The first-order valence-corrected chi connectivity index (χ1v) is 6.95. The van der Waals surface area contributed by atoms with Crippen LogP contribution in [0.25, 0.3) is 11.0 Å². The Hall–Kier alpha value is -2.88. The summed E-state index contributed by atoms with van der Waals surface area (Å²) >= 11 is 0. The van der Waals surface area contributed by atoms with Crippen LogP contribution >= 0.6 is 0 Å². The monoisotopic (exact) mass is 293 g/mol. The Balaban J connectivity index is 1.97. The fourth-order valence-electron chi connectivity index (χ4n) is 2.20. The van der Waals surface area contributed by atoms with E-state index in [1.54, 1.807) is 24.3 Å². The van der Waals surface area contributed by atoms with Gasteiger partial charge in [-0.05, 0) is 43.7 Å². The molecule has 3 aromatic rings. The van der Waals surface area contributed by atoms with Crippen molar-refractivity contribution in [2.24, 2.45) is 0 Å². The molecule has 0 unspecified atom stereocenters. The molecule has 0 aliphatic heterocycles. The van der Waals surface area contributed by atoms with Crippen LogP contribution in [0.1, 0.15) is 21.7 Å². The van der Waals surface area contributed by atoms with Gasteiger partial charge in [-0.2, -0.15) is 0 Å². The van der Waals surface area contributed by atoms with Gasteiger partial charge in [-0.25, -0.2) is 0 Å². The molecule has 0 aliphatic carbocycles. The van der Waals surface area contributed by atoms with E-state index in [-0.39, 0.29) is 11.2 Å². The molecule has 0 spiro atoms. The number of hydrogen-bond acceptors (Lipinski definition) is 3. The fraction of sp³-hybridized carbons (Fsp3) is 0.111. The van der Waals surface area contributed by atoms with E-state index in [0.717, 1.165) is 11.1 Å². The van der Waals surface area contributed by atoms with E-state index in [4.69, 9.17) is 4.42 Å². The van der Waals surface area contributed by atoms with Crippen LogP contribution in [0.4, 0.5) is 5.69 Å². The van der Waals surface area contributed by atoms with Gasteiger partial charge in [-0.1, -0.05) is 23.8 Å². The first-order chi connectivity index (χ1) is 10.5. The lowest BCUT2D eigenvalue weighted by molar-refractivity contribution is 0.0997. The smallest absolute Gasteiger partial charge is 0.291 e. The highest BCUT2D eigenvalue weighted by molar-refractivity contribution is 6.02. The molecule has 4 heteroatoms. The molecule has 1 aromatic heterocycles. The highest BCUT2D eigenvalue weighted by atomic mass is 16.3. The summed E-state index contributed by atoms with van der Waals surface area (Å²) in [6, 6.07) is 13.9. The first-order valence-electron chi connectivity index (χ1n) is 6.95. The van der Waals surface area contributed by atoms with Crippen LogP contribution in [0.2, 0.25) is 0 Å². The summed E-state index contributed by atoms with van der Waals surface area (Å²) in [7, 11) is 0. The van der Waals surface area contributed by atoms with Crippen molar-refractivity contribution in [1.82, 2.24) is 0 Å². The Morgan fingerprint density at radius 2 is 1.64 bits per heavy atom. The minimum absolute atomic E-state index is 0.00340. The normalized spacial score (nSPS) is 10.6. The molecule has 22 heavy (non-hydrogen) atoms. The van der Waals surface area contributed by atoms with E-state index in [1.165, 1.54) is 6.07 Å². The Kier molecular flexibility index (Phi) is 3.51. The van der Waals surface area contributed by atoms with Gasteiger partial charge in [-0.15, -0.1) is 0 Å². The van der Waals surface area contributed by atoms with Gasteiger partial charge in [0.1, 0.15) is 5.58 Å². The quantitative estimate of drug-likeness (QED) is 0.784. The average Bonchev–Trinajstić information content (AvgIpc) is 2.49. The summed E-state index contributed by atoms with van der Waals surface area (Å²) in [5.74, 6) is -0.437. The highest BCUT2D eigenvalue weighted by Gasteiger charge is 2.12. The number of anilines is 1. The van der Waals surface area contributed by atoms with Crippen molar-refractivity contribution < 1.29 is 9.21 Å². The van der Waals surface area contributed by atoms with Crippen molar-refractivity contribution in [3.63, 3.8) is 0 Å². The van der Waals surface area contributed by atoms with E-state index < -0.39 is 5.91 Å². The molecular weight excluding hydrogens is 278 g/mol. The minimum Gasteiger partial charge on any atom is -0.451 e. The van der Waals surface area contributed by atoms with Crippen LogP contribution in [0.15, 0.2) is 57.7 Å². The third-order valence-electron chi connectivity index (χ3n) is 3.42. The number of carbonyl (C=O) groups excluding carboxylic acids is 1. The summed E-state index contributed by atoms with van der Waals surface area (Å²) in [4.78, 5) is 24.3. The van der Waals surface area contributed by atoms with Crippen LogP contribution in [0, 0.1) is 13.8 Å². The standard InChI is InChI=1S/C18H15NO3/c1-11-3-6-13(7-4-11)19-18(21)17-10-15(20)14-8-5-12(2)9-16(14)22-17/h3-10H,1-2H3,(H,19,21). The molecule has 2 aromatic carbocycles. The third-order valence-corrected chi connectivity index (χ3v) is 3.42. The summed E-state index contributed by atoms with van der Waals surface area (Å²) in [5.41, 5.74) is 2.91. The Morgan fingerprint density at radius 1 is 0.955 bits per heavy atom. The zero-order valence-electron chi connectivity index (χ0n) is 12.3. The number of aryl methyl sites for hydroxylation is 2. The van der Waals surface area contributed by atoms with Gasteiger partial charge in [0.05, 0.1) is 5.39 Å².